The summed E-state index contributed by atoms with van der Waals surface area (Å²) < 4.78 is 0.995. The number of hydrogen-bond acceptors (Lipinski definition) is 5. The lowest BCUT2D eigenvalue weighted by Gasteiger charge is -2.02. The molecule has 8 heteroatoms. The van der Waals surface area contributed by atoms with Gasteiger partial charge in [0.25, 0.3) is 5.69 Å². The van der Waals surface area contributed by atoms with Gasteiger partial charge in [-0.2, -0.15) is 5.10 Å². The Hall–Kier alpha value is -2.06. The molecule has 6 nitrogen and oxygen atoms in total. The van der Waals surface area contributed by atoms with Gasteiger partial charge >= 0.3 is 0 Å². The van der Waals surface area contributed by atoms with Gasteiger partial charge in [0, 0.05) is 12.1 Å². The Morgan fingerprint density at radius 3 is 2.55 bits per heavy atom. The summed E-state index contributed by atoms with van der Waals surface area (Å²) in [5.74, 6) is -0.274. The number of carbonyl (C=O) groups is 1. The van der Waals surface area contributed by atoms with Crippen molar-refractivity contribution in [1.82, 2.24) is 5.43 Å². The number of rotatable bonds is 5. The van der Waals surface area contributed by atoms with Gasteiger partial charge in [-0.3, -0.25) is 14.9 Å². The molecule has 1 heterocycles. The highest BCUT2D eigenvalue weighted by Crippen LogP contribution is 2.22. The van der Waals surface area contributed by atoms with Crippen molar-refractivity contribution in [2.75, 3.05) is 0 Å². The van der Waals surface area contributed by atoms with Crippen LogP contribution in [0.3, 0.4) is 0 Å². The van der Waals surface area contributed by atoms with Crippen molar-refractivity contribution < 1.29 is 9.72 Å². The lowest BCUT2D eigenvalue weighted by molar-refractivity contribution is -0.384. The van der Waals surface area contributed by atoms with Crippen LogP contribution in [-0.4, -0.2) is 16.5 Å². The van der Waals surface area contributed by atoms with E-state index < -0.39 is 4.92 Å². The Morgan fingerprint density at radius 1 is 1.32 bits per heavy atom. The molecule has 0 aliphatic heterocycles. The molecule has 1 amide bonds. The summed E-state index contributed by atoms with van der Waals surface area (Å²) in [6, 6.07) is 9.70. The van der Waals surface area contributed by atoms with Crippen molar-refractivity contribution in [3.05, 3.63) is 60.7 Å². The number of non-ortho nitro benzene ring substituents is 1. The third-order valence-electron chi connectivity index (χ3n) is 2.79. The fourth-order valence-corrected chi connectivity index (χ4v) is 3.00. The van der Waals surface area contributed by atoms with Gasteiger partial charge in [0.05, 0.1) is 25.7 Å². The number of benzene rings is 1. The number of carbonyl (C=O) groups excluding carboxylic acids is 1. The number of thiophene rings is 1. The van der Waals surface area contributed by atoms with Crippen LogP contribution in [0.15, 0.2) is 45.3 Å². The second-order valence-corrected chi connectivity index (χ2v) is 6.90. The van der Waals surface area contributed by atoms with E-state index in [-0.39, 0.29) is 18.0 Å². The lowest BCUT2D eigenvalue weighted by Crippen LogP contribution is -2.21. The quantitative estimate of drug-likeness (QED) is 0.488. The Balaban J connectivity index is 1.94. The maximum absolute atomic E-state index is 11.8. The summed E-state index contributed by atoms with van der Waals surface area (Å²) in [5.41, 5.74) is 3.89. The van der Waals surface area contributed by atoms with Crippen LogP contribution in [0.5, 0.6) is 0 Å². The van der Waals surface area contributed by atoms with E-state index in [1.807, 2.05) is 19.1 Å². The third kappa shape index (κ3) is 4.47. The van der Waals surface area contributed by atoms with Gasteiger partial charge in [-0.05, 0) is 40.5 Å². The van der Waals surface area contributed by atoms with Crippen LogP contribution in [0.2, 0.25) is 0 Å². The maximum Gasteiger partial charge on any atom is 0.269 e. The lowest BCUT2D eigenvalue weighted by atomic mass is 10.1. The average molecular weight is 382 g/mol. The Labute approximate surface area is 139 Å². The molecule has 0 unspecified atom stereocenters. The smallest absolute Gasteiger partial charge is 0.269 e. The highest BCUT2D eigenvalue weighted by atomic mass is 79.9. The number of nitrogens with zero attached hydrogens (tertiary/aromatic N) is 2. The second kappa shape index (κ2) is 7.28. The third-order valence-corrected chi connectivity index (χ3v) is 4.52. The van der Waals surface area contributed by atoms with Gasteiger partial charge in [0.1, 0.15) is 0 Å². The number of nitro groups is 1. The van der Waals surface area contributed by atoms with Crippen LogP contribution in [-0.2, 0) is 11.2 Å². The van der Waals surface area contributed by atoms with Gasteiger partial charge in [0.15, 0.2) is 0 Å². The zero-order chi connectivity index (χ0) is 16.1. The highest BCUT2D eigenvalue weighted by molar-refractivity contribution is 9.11. The van der Waals surface area contributed by atoms with E-state index in [0.29, 0.717) is 11.3 Å². The number of hydrazone groups is 1. The van der Waals surface area contributed by atoms with Gasteiger partial charge in [-0.15, -0.1) is 11.3 Å². The molecule has 0 bridgehead atoms. The van der Waals surface area contributed by atoms with Crippen LogP contribution >= 0.6 is 27.3 Å². The van der Waals surface area contributed by atoms with Crippen LogP contribution in [0, 0.1) is 10.1 Å². The molecular weight excluding hydrogens is 370 g/mol. The summed E-state index contributed by atoms with van der Waals surface area (Å²) in [6.45, 7) is 1.81. The minimum atomic E-state index is -0.476. The van der Waals surface area contributed by atoms with E-state index in [0.717, 1.165) is 8.66 Å². The van der Waals surface area contributed by atoms with Crippen molar-refractivity contribution in [2.24, 2.45) is 5.10 Å². The van der Waals surface area contributed by atoms with Gasteiger partial charge < -0.3 is 0 Å². The topological polar surface area (TPSA) is 84.6 Å². The highest BCUT2D eigenvalue weighted by Gasteiger charge is 2.07. The number of nitro benzene ring substituents is 1. The predicted molar refractivity (Wildman–Crippen MR) is 89.2 cm³/mol. The predicted octanol–water partition coefficient (Wildman–Crippen LogP) is 3.50. The van der Waals surface area contributed by atoms with Crippen molar-refractivity contribution in [3.63, 3.8) is 0 Å². The molecule has 2 aromatic rings. The maximum atomic E-state index is 11.8. The number of hydrogen-bond donors (Lipinski definition) is 1. The second-order valence-electron chi connectivity index (χ2n) is 4.44. The number of nitrogens with one attached hydrogen (secondary N) is 1. The van der Waals surface area contributed by atoms with E-state index in [1.165, 1.54) is 23.5 Å². The molecule has 0 radical (unpaired) electrons. The van der Waals surface area contributed by atoms with E-state index >= 15 is 0 Å². The molecule has 0 aliphatic rings. The van der Waals surface area contributed by atoms with Crippen LogP contribution in [0.1, 0.15) is 17.4 Å². The fourth-order valence-electron chi connectivity index (χ4n) is 1.67. The van der Waals surface area contributed by atoms with Crippen molar-refractivity contribution in [2.45, 2.75) is 13.3 Å². The summed E-state index contributed by atoms with van der Waals surface area (Å²) in [6.07, 6.45) is 0.114. The number of halogens is 1. The molecule has 22 heavy (non-hydrogen) atoms. The molecule has 1 aromatic carbocycles. The first-order valence-electron chi connectivity index (χ1n) is 6.28. The van der Waals surface area contributed by atoms with E-state index in [2.05, 4.69) is 26.5 Å². The van der Waals surface area contributed by atoms with Crippen LogP contribution < -0.4 is 5.43 Å². The minimum Gasteiger partial charge on any atom is -0.273 e. The Kier molecular flexibility index (Phi) is 5.40. The van der Waals surface area contributed by atoms with E-state index in [1.54, 1.807) is 12.1 Å². The SMILES string of the molecule is C/C(=N/NC(=O)Cc1ccc([N+](=O)[O-])cc1)c1ccc(Br)s1. The summed E-state index contributed by atoms with van der Waals surface area (Å²) in [7, 11) is 0. The van der Waals surface area contributed by atoms with Crippen LogP contribution in [0.25, 0.3) is 0 Å². The van der Waals surface area contributed by atoms with Gasteiger partial charge in [-0.25, -0.2) is 5.43 Å². The summed E-state index contributed by atoms with van der Waals surface area (Å²) in [4.78, 5) is 22.9. The molecule has 1 N–H and O–H groups in total. The zero-order valence-electron chi connectivity index (χ0n) is 11.6. The molecule has 0 saturated carbocycles. The molecule has 2 rings (SSSR count). The summed E-state index contributed by atoms with van der Waals surface area (Å²) >= 11 is 4.90. The Morgan fingerprint density at radius 2 is 2.00 bits per heavy atom. The largest absolute Gasteiger partial charge is 0.273 e. The van der Waals surface area contributed by atoms with E-state index in [9.17, 15) is 14.9 Å². The molecule has 0 saturated heterocycles. The monoisotopic (exact) mass is 381 g/mol. The minimum absolute atomic E-state index is 0.00120. The molecule has 1 aromatic heterocycles. The van der Waals surface area contributed by atoms with Gasteiger partial charge in [0.2, 0.25) is 5.91 Å². The summed E-state index contributed by atoms with van der Waals surface area (Å²) in [5, 5.41) is 14.6. The zero-order valence-corrected chi connectivity index (χ0v) is 14.0. The molecule has 114 valence electrons. The Bertz CT molecular complexity index is 725. The first-order valence-corrected chi connectivity index (χ1v) is 7.89. The standard InChI is InChI=1S/C14H12BrN3O3S/c1-9(12-6-7-13(15)22-12)16-17-14(19)8-10-2-4-11(5-3-10)18(20)21/h2-7H,8H2,1H3,(H,17,19)/b16-9-. The van der Waals surface area contributed by atoms with E-state index in [4.69, 9.17) is 0 Å². The van der Waals surface area contributed by atoms with Crippen molar-refractivity contribution in [3.8, 4) is 0 Å². The fraction of sp³-hybridized carbons (Fsp3) is 0.143. The van der Waals surface area contributed by atoms with Gasteiger partial charge in [-0.1, -0.05) is 12.1 Å². The number of amides is 1. The molecule has 0 atom stereocenters. The first-order chi connectivity index (χ1) is 10.5. The molecule has 0 fully saturated rings. The molecular formula is C14H12BrN3O3S. The normalized spacial score (nSPS) is 11.3. The van der Waals surface area contributed by atoms with Crippen molar-refractivity contribution in [1.29, 1.82) is 0 Å². The van der Waals surface area contributed by atoms with Crippen LogP contribution in [0.4, 0.5) is 5.69 Å². The molecule has 0 spiro atoms. The van der Waals surface area contributed by atoms with Crippen molar-refractivity contribution >= 4 is 44.6 Å². The molecule has 0 aliphatic carbocycles. The average Bonchev–Trinajstić information content (AvgIpc) is 2.92. The first kappa shape index (κ1) is 16.3.